The molecule has 7 heteroatoms. The van der Waals surface area contributed by atoms with Crippen molar-refractivity contribution in [3.63, 3.8) is 0 Å². The molecule has 0 aliphatic heterocycles. The molecule has 2 rings (SSSR count). The van der Waals surface area contributed by atoms with E-state index in [0.717, 1.165) is 0 Å². The Balaban J connectivity index is 3.07. The Bertz CT molecular complexity index is 554. The number of aromatic nitrogens is 1. The van der Waals surface area contributed by atoms with Crippen molar-refractivity contribution in [3.05, 3.63) is 0 Å². The molecule has 1 aromatic carbocycles. The molecule has 0 amide bonds. The van der Waals surface area contributed by atoms with Crippen LogP contribution in [0, 0.1) is 0 Å². The maximum absolute atomic E-state index is 5.79. The number of aromatic amines is 1. The molecule has 0 unspecified atom stereocenters. The molecule has 2 aromatic rings. The summed E-state index contributed by atoms with van der Waals surface area (Å²) >= 11 is 0. The molecule has 1 aromatic heterocycles. The molecular formula is C8H13N7. The molecule has 0 aliphatic carbocycles. The lowest BCUT2D eigenvalue weighted by molar-refractivity contribution is 1.47. The fraction of sp³-hybridized carbons (Fsp3) is 0. The maximum Gasteiger partial charge on any atom is 0.125 e. The van der Waals surface area contributed by atoms with Gasteiger partial charge in [-0.2, -0.15) is 0 Å². The Morgan fingerprint density at radius 2 is 1.13 bits per heavy atom. The zero-order chi connectivity index (χ0) is 11.3. The molecule has 0 aliphatic rings. The van der Waals surface area contributed by atoms with Crippen LogP contribution in [0.25, 0.3) is 10.9 Å². The molecule has 80 valence electrons. The molecule has 0 bridgehead atoms. The van der Waals surface area contributed by atoms with Crippen molar-refractivity contribution in [1.82, 2.24) is 4.98 Å². The Morgan fingerprint density at radius 3 is 1.73 bits per heavy atom. The third-order valence-electron chi connectivity index (χ3n) is 2.48. The molecule has 0 spiro atoms. The van der Waals surface area contributed by atoms with Crippen molar-refractivity contribution in [2.45, 2.75) is 0 Å². The van der Waals surface area contributed by atoms with Crippen molar-refractivity contribution in [2.75, 3.05) is 34.4 Å². The molecule has 7 nitrogen and oxygen atoms in total. The van der Waals surface area contributed by atoms with Crippen molar-refractivity contribution < 1.29 is 0 Å². The van der Waals surface area contributed by atoms with E-state index in [1.165, 1.54) is 0 Å². The number of hydrogen-bond acceptors (Lipinski definition) is 6. The first-order valence-corrected chi connectivity index (χ1v) is 4.23. The van der Waals surface area contributed by atoms with Gasteiger partial charge >= 0.3 is 0 Å². The number of anilines is 6. The van der Waals surface area contributed by atoms with E-state index in [2.05, 4.69) is 4.98 Å². The number of hydrogen-bond donors (Lipinski definition) is 7. The van der Waals surface area contributed by atoms with Crippen molar-refractivity contribution in [2.24, 2.45) is 0 Å². The lowest BCUT2D eigenvalue weighted by Gasteiger charge is -2.09. The summed E-state index contributed by atoms with van der Waals surface area (Å²) in [6.07, 6.45) is 0. The van der Waals surface area contributed by atoms with Crippen LogP contribution in [-0.4, -0.2) is 4.98 Å². The first kappa shape index (κ1) is 9.13. The molecular weight excluding hydrogens is 194 g/mol. The summed E-state index contributed by atoms with van der Waals surface area (Å²) < 4.78 is 0. The van der Waals surface area contributed by atoms with Crippen LogP contribution in [0.2, 0.25) is 0 Å². The topological polar surface area (TPSA) is 172 Å². The van der Waals surface area contributed by atoms with E-state index in [4.69, 9.17) is 34.4 Å². The average Bonchev–Trinajstić information content (AvgIpc) is 2.50. The summed E-state index contributed by atoms with van der Waals surface area (Å²) in [5.41, 5.74) is 36.2. The van der Waals surface area contributed by atoms with E-state index < -0.39 is 0 Å². The molecule has 0 radical (unpaired) electrons. The number of nitrogen functional groups attached to an aromatic ring is 6. The van der Waals surface area contributed by atoms with Crippen LogP contribution in [0.1, 0.15) is 0 Å². The standard InChI is InChI=1S/C8H13N7/c9-2-1-3(10)8(14)15-7(1)6(13)5(12)4(2)11/h15H,9-14H2. The number of H-pyrrole nitrogens is 1. The van der Waals surface area contributed by atoms with E-state index in [9.17, 15) is 0 Å². The lowest BCUT2D eigenvalue weighted by Crippen LogP contribution is -2.05. The zero-order valence-corrected chi connectivity index (χ0v) is 7.96. The predicted octanol–water partition coefficient (Wildman–Crippen LogP) is -0.339. The monoisotopic (exact) mass is 207 g/mol. The molecule has 0 atom stereocenters. The Morgan fingerprint density at radius 1 is 0.600 bits per heavy atom. The van der Waals surface area contributed by atoms with Crippen LogP contribution >= 0.6 is 0 Å². The molecule has 15 heavy (non-hydrogen) atoms. The number of nitrogens with two attached hydrogens (primary N) is 6. The molecule has 0 saturated carbocycles. The van der Waals surface area contributed by atoms with Gasteiger partial charge in [-0.15, -0.1) is 0 Å². The summed E-state index contributed by atoms with van der Waals surface area (Å²) in [6.45, 7) is 0. The van der Waals surface area contributed by atoms with Crippen molar-refractivity contribution in [3.8, 4) is 0 Å². The average molecular weight is 207 g/mol. The maximum atomic E-state index is 5.79. The van der Waals surface area contributed by atoms with E-state index in [0.29, 0.717) is 33.8 Å². The lowest BCUT2D eigenvalue weighted by atomic mass is 10.1. The molecule has 0 saturated heterocycles. The van der Waals surface area contributed by atoms with Gasteiger partial charge in [0.25, 0.3) is 0 Å². The van der Waals surface area contributed by atoms with Crippen LogP contribution in [0.5, 0.6) is 0 Å². The molecule has 13 N–H and O–H groups in total. The summed E-state index contributed by atoms with van der Waals surface area (Å²) in [5, 5.41) is 0.525. The van der Waals surface area contributed by atoms with E-state index in [-0.39, 0.29) is 11.4 Å². The highest BCUT2D eigenvalue weighted by molar-refractivity contribution is 6.17. The number of nitrogens with one attached hydrogen (secondary N) is 1. The van der Waals surface area contributed by atoms with Gasteiger partial charge in [-0.05, 0) is 0 Å². The summed E-state index contributed by atoms with van der Waals surface area (Å²) in [6, 6.07) is 0. The minimum atomic E-state index is 0.228. The first-order valence-electron chi connectivity index (χ1n) is 4.23. The fourth-order valence-electron chi connectivity index (χ4n) is 1.58. The first-order chi connectivity index (χ1) is 6.95. The quantitative estimate of drug-likeness (QED) is 0.291. The SMILES string of the molecule is Nc1[nH]c2c(N)c(N)c(N)c(N)c2c1N. The van der Waals surface area contributed by atoms with Crippen LogP contribution < -0.4 is 34.4 Å². The van der Waals surface area contributed by atoms with Gasteiger partial charge in [0, 0.05) is 0 Å². The van der Waals surface area contributed by atoms with Crippen LogP contribution in [0.4, 0.5) is 34.3 Å². The van der Waals surface area contributed by atoms with Gasteiger partial charge in [0.1, 0.15) is 5.82 Å². The number of benzene rings is 1. The summed E-state index contributed by atoms with van der Waals surface area (Å²) in [5.74, 6) is 0.299. The molecule has 1 heterocycles. The van der Waals surface area contributed by atoms with E-state index in [1.807, 2.05) is 0 Å². The van der Waals surface area contributed by atoms with Gasteiger partial charge in [0.2, 0.25) is 0 Å². The van der Waals surface area contributed by atoms with Crippen molar-refractivity contribution >= 4 is 45.2 Å². The van der Waals surface area contributed by atoms with Crippen LogP contribution in [0.3, 0.4) is 0 Å². The second kappa shape index (κ2) is 2.53. The van der Waals surface area contributed by atoms with E-state index in [1.54, 1.807) is 0 Å². The minimum Gasteiger partial charge on any atom is -0.396 e. The Hall–Kier alpha value is -2.44. The minimum absolute atomic E-state index is 0.228. The highest BCUT2D eigenvalue weighted by Crippen LogP contribution is 2.42. The highest BCUT2D eigenvalue weighted by Gasteiger charge is 2.17. The van der Waals surface area contributed by atoms with Crippen LogP contribution in [-0.2, 0) is 0 Å². The van der Waals surface area contributed by atoms with Gasteiger partial charge in [-0.25, -0.2) is 0 Å². The fourth-order valence-corrected chi connectivity index (χ4v) is 1.58. The normalized spacial score (nSPS) is 10.9. The third-order valence-corrected chi connectivity index (χ3v) is 2.48. The van der Waals surface area contributed by atoms with Crippen LogP contribution in [0.15, 0.2) is 0 Å². The predicted molar refractivity (Wildman–Crippen MR) is 64.8 cm³/mol. The molecule has 0 fully saturated rings. The second-order valence-electron chi connectivity index (χ2n) is 3.36. The van der Waals surface area contributed by atoms with Gasteiger partial charge in [-0.3, -0.25) is 0 Å². The third kappa shape index (κ3) is 0.938. The number of fused-ring (bicyclic) bond motifs is 1. The van der Waals surface area contributed by atoms with Gasteiger partial charge in [-0.1, -0.05) is 0 Å². The van der Waals surface area contributed by atoms with Crippen molar-refractivity contribution in [1.29, 1.82) is 0 Å². The Kier molecular flexibility index (Phi) is 1.54. The largest absolute Gasteiger partial charge is 0.396 e. The van der Waals surface area contributed by atoms with Gasteiger partial charge in [0.05, 0.1) is 39.3 Å². The second-order valence-corrected chi connectivity index (χ2v) is 3.36. The Labute approximate surface area is 85.4 Å². The van der Waals surface area contributed by atoms with Gasteiger partial charge in [0.15, 0.2) is 0 Å². The smallest absolute Gasteiger partial charge is 0.125 e. The summed E-state index contributed by atoms with van der Waals surface area (Å²) in [4.78, 5) is 2.82. The summed E-state index contributed by atoms with van der Waals surface area (Å²) in [7, 11) is 0. The van der Waals surface area contributed by atoms with E-state index >= 15 is 0 Å². The number of rotatable bonds is 0. The highest BCUT2D eigenvalue weighted by atomic mass is 14.9. The van der Waals surface area contributed by atoms with Gasteiger partial charge < -0.3 is 39.4 Å². The zero-order valence-electron chi connectivity index (χ0n) is 7.96.